The maximum absolute atomic E-state index is 10.8. The molecule has 0 unspecified atom stereocenters. The number of aliphatic hydroxyl groups excluding tert-OH is 2. The number of hydrogen-bond donors (Lipinski definition) is 3. The van der Waals surface area contributed by atoms with Gasteiger partial charge < -0.3 is 20.7 Å². The van der Waals surface area contributed by atoms with E-state index in [0.717, 1.165) is 11.5 Å². The van der Waals surface area contributed by atoms with Crippen LogP contribution < -0.4 is 5.73 Å². The second-order valence-corrected chi connectivity index (χ2v) is 4.25. The van der Waals surface area contributed by atoms with Crippen molar-refractivity contribution in [3.05, 3.63) is 10.8 Å². The van der Waals surface area contributed by atoms with Crippen molar-refractivity contribution in [2.45, 2.75) is 24.7 Å². The van der Waals surface area contributed by atoms with Gasteiger partial charge in [-0.3, -0.25) is 4.79 Å². The van der Waals surface area contributed by atoms with Gasteiger partial charge in [-0.05, 0) is 11.5 Å². The van der Waals surface area contributed by atoms with Crippen LogP contribution >= 0.6 is 11.5 Å². The third-order valence-corrected chi connectivity index (χ3v) is 3.15. The zero-order valence-electron chi connectivity index (χ0n) is 8.24. The fourth-order valence-electron chi connectivity index (χ4n) is 1.52. The number of carbonyl (C=O) groups is 1. The first kappa shape index (κ1) is 11.4. The van der Waals surface area contributed by atoms with E-state index in [-0.39, 0.29) is 12.4 Å². The number of hydrogen-bond acceptors (Lipinski definition) is 7. The summed E-state index contributed by atoms with van der Waals surface area (Å²) < 4.78 is 9.13. The lowest BCUT2D eigenvalue weighted by atomic mass is 10.1. The highest BCUT2D eigenvalue weighted by atomic mass is 32.1. The topological polar surface area (TPSA) is 119 Å². The number of nitrogens with two attached hydrogens (primary N) is 1. The van der Waals surface area contributed by atoms with Gasteiger partial charge in [-0.1, -0.05) is 0 Å². The largest absolute Gasteiger partial charge is 0.394 e. The first-order valence-corrected chi connectivity index (χ1v) is 5.47. The minimum atomic E-state index is -0.726. The minimum Gasteiger partial charge on any atom is -0.394 e. The summed E-state index contributed by atoms with van der Waals surface area (Å²) in [5, 5.41) is 18.9. The molecule has 0 spiro atoms. The molecule has 7 nitrogen and oxygen atoms in total. The SMILES string of the molecule is NC(=O)c1nsc([C@H]2C[C@H](O)[C@@H](CO)O2)n1. The number of nitrogens with zero attached hydrogens (tertiary/aromatic N) is 2. The van der Waals surface area contributed by atoms with Crippen LogP contribution in [-0.2, 0) is 4.74 Å². The summed E-state index contributed by atoms with van der Waals surface area (Å²) in [6.45, 7) is -0.251. The van der Waals surface area contributed by atoms with Gasteiger partial charge in [-0.25, -0.2) is 4.98 Å². The van der Waals surface area contributed by atoms with E-state index in [9.17, 15) is 9.90 Å². The van der Waals surface area contributed by atoms with Crippen LogP contribution in [-0.4, -0.2) is 44.3 Å². The van der Waals surface area contributed by atoms with Gasteiger partial charge in [0.2, 0.25) is 5.82 Å². The molecule has 2 heterocycles. The normalized spacial score (nSPS) is 29.5. The maximum atomic E-state index is 10.8. The molecule has 1 aromatic rings. The molecule has 1 aromatic heterocycles. The standard InChI is InChI=1S/C8H11N3O4S/c9-6(14)7-10-8(16-11-7)4-1-3(13)5(2-12)15-4/h3-5,12-13H,1-2H2,(H2,9,14)/t3-,4+,5+/m0/s1. The molecule has 8 heteroatoms. The van der Waals surface area contributed by atoms with Crippen molar-refractivity contribution in [1.29, 1.82) is 0 Å². The number of carbonyl (C=O) groups excluding carboxylic acids is 1. The predicted molar refractivity (Wildman–Crippen MR) is 53.8 cm³/mol. The second kappa shape index (κ2) is 4.42. The van der Waals surface area contributed by atoms with E-state index in [0.29, 0.717) is 11.4 Å². The molecule has 1 fully saturated rings. The monoisotopic (exact) mass is 245 g/mol. The average Bonchev–Trinajstić information content (AvgIpc) is 2.83. The van der Waals surface area contributed by atoms with Gasteiger partial charge in [0, 0.05) is 6.42 Å². The van der Waals surface area contributed by atoms with Crippen molar-refractivity contribution in [3.8, 4) is 0 Å². The van der Waals surface area contributed by atoms with Crippen molar-refractivity contribution in [2.75, 3.05) is 6.61 Å². The van der Waals surface area contributed by atoms with Crippen LogP contribution in [0.3, 0.4) is 0 Å². The molecule has 16 heavy (non-hydrogen) atoms. The molecule has 0 bridgehead atoms. The summed E-state index contributed by atoms with van der Waals surface area (Å²) in [4.78, 5) is 14.7. The Hall–Kier alpha value is -1.09. The van der Waals surface area contributed by atoms with E-state index in [1.165, 1.54) is 0 Å². The lowest BCUT2D eigenvalue weighted by Crippen LogP contribution is -2.24. The molecule has 0 aliphatic carbocycles. The van der Waals surface area contributed by atoms with Gasteiger partial charge in [0.15, 0.2) is 0 Å². The molecule has 2 rings (SSSR count). The average molecular weight is 245 g/mol. The van der Waals surface area contributed by atoms with E-state index in [1.807, 2.05) is 0 Å². The smallest absolute Gasteiger partial charge is 0.287 e. The molecule has 1 aliphatic heterocycles. The van der Waals surface area contributed by atoms with Crippen LogP contribution in [0.25, 0.3) is 0 Å². The molecule has 88 valence electrons. The van der Waals surface area contributed by atoms with Gasteiger partial charge in [-0.15, -0.1) is 0 Å². The number of primary amides is 1. The number of aromatic nitrogens is 2. The molecular weight excluding hydrogens is 234 g/mol. The molecule has 4 N–H and O–H groups in total. The molecule has 0 aromatic carbocycles. The van der Waals surface area contributed by atoms with Crippen LogP contribution in [0.2, 0.25) is 0 Å². The van der Waals surface area contributed by atoms with Crippen molar-refractivity contribution in [1.82, 2.24) is 9.36 Å². The maximum Gasteiger partial charge on any atom is 0.287 e. The molecular formula is C8H11N3O4S. The fraction of sp³-hybridized carbons (Fsp3) is 0.625. The molecule has 1 amide bonds. The lowest BCUT2D eigenvalue weighted by Gasteiger charge is -2.09. The summed E-state index contributed by atoms with van der Waals surface area (Å²) in [7, 11) is 0. The highest BCUT2D eigenvalue weighted by molar-refractivity contribution is 7.05. The highest BCUT2D eigenvalue weighted by Gasteiger charge is 2.36. The van der Waals surface area contributed by atoms with Crippen molar-refractivity contribution in [2.24, 2.45) is 5.73 Å². The van der Waals surface area contributed by atoms with Crippen molar-refractivity contribution < 1.29 is 19.7 Å². The van der Waals surface area contributed by atoms with Crippen molar-refractivity contribution >= 4 is 17.4 Å². The van der Waals surface area contributed by atoms with Gasteiger partial charge >= 0.3 is 0 Å². The van der Waals surface area contributed by atoms with Crippen LogP contribution in [0.15, 0.2) is 0 Å². The summed E-state index contributed by atoms with van der Waals surface area (Å²) in [5.74, 6) is -0.745. The number of aliphatic hydroxyl groups is 2. The predicted octanol–water partition coefficient (Wildman–Crippen LogP) is -1.18. The number of rotatable bonds is 3. The van der Waals surface area contributed by atoms with Crippen LogP contribution in [0, 0.1) is 0 Å². The van der Waals surface area contributed by atoms with Gasteiger partial charge in [0.05, 0.1) is 12.7 Å². The van der Waals surface area contributed by atoms with E-state index in [2.05, 4.69) is 9.36 Å². The van der Waals surface area contributed by atoms with Gasteiger partial charge in [0.1, 0.15) is 17.2 Å². The Bertz CT molecular complexity index is 396. The van der Waals surface area contributed by atoms with Crippen molar-refractivity contribution in [3.63, 3.8) is 0 Å². The Morgan fingerprint density at radius 2 is 2.44 bits per heavy atom. The molecule has 1 aliphatic rings. The number of ether oxygens (including phenoxy) is 1. The third kappa shape index (κ3) is 2.05. The second-order valence-electron chi connectivity index (χ2n) is 3.47. The van der Waals surface area contributed by atoms with E-state index >= 15 is 0 Å². The highest BCUT2D eigenvalue weighted by Crippen LogP contribution is 2.33. The summed E-state index contributed by atoms with van der Waals surface area (Å²) in [5.41, 5.74) is 5.02. The first-order chi connectivity index (χ1) is 7.61. The van der Waals surface area contributed by atoms with Gasteiger partial charge in [0.25, 0.3) is 5.91 Å². The Morgan fingerprint density at radius 1 is 1.69 bits per heavy atom. The Kier molecular flexibility index (Phi) is 3.15. The number of amides is 1. The van der Waals surface area contributed by atoms with E-state index in [4.69, 9.17) is 15.6 Å². The molecule has 3 atom stereocenters. The zero-order valence-corrected chi connectivity index (χ0v) is 9.05. The molecule has 0 saturated carbocycles. The quantitative estimate of drug-likeness (QED) is 0.616. The van der Waals surface area contributed by atoms with Crippen LogP contribution in [0.1, 0.15) is 28.2 Å². The third-order valence-electron chi connectivity index (χ3n) is 2.34. The molecule has 0 radical (unpaired) electrons. The summed E-state index contributed by atoms with van der Waals surface area (Å²) in [6.07, 6.45) is -1.43. The summed E-state index contributed by atoms with van der Waals surface area (Å²) in [6, 6.07) is 0. The summed E-state index contributed by atoms with van der Waals surface area (Å²) >= 11 is 1.01. The van der Waals surface area contributed by atoms with Gasteiger partial charge in [-0.2, -0.15) is 4.37 Å². The van der Waals surface area contributed by atoms with E-state index < -0.39 is 24.2 Å². The Morgan fingerprint density at radius 3 is 2.94 bits per heavy atom. The van der Waals surface area contributed by atoms with E-state index in [1.54, 1.807) is 0 Å². The Labute approximate surface area is 95.0 Å². The zero-order chi connectivity index (χ0) is 11.7. The first-order valence-electron chi connectivity index (χ1n) is 4.69. The van der Waals surface area contributed by atoms with Crippen LogP contribution in [0.4, 0.5) is 0 Å². The van der Waals surface area contributed by atoms with Crippen LogP contribution in [0.5, 0.6) is 0 Å². The molecule has 1 saturated heterocycles. The minimum absolute atomic E-state index is 0.0504. The lowest BCUT2D eigenvalue weighted by molar-refractivity contribution is -0.0226. The Balaban J connectivity index is 2.11. The fourth-order valence-corrected chi connectivity index (χ4v) is 2.23.